The van der Waals surface area contributed by atoms with Gasteiger partial charge in [-0.3, -0.25) is 4.79 Å². The molecule has 0 aliphatic rings. The molecule has 0 aliphatic carbocycles. The van der Waals surface area contributed by atoms with E-state index in [4.69, 9.17) is 10.5 Å². The molecule has 0 saturated heterocycles. The molecule has 1 aromatic carbocycles. The minimum absolute atomic E-state index is 0.288. The molecule has 1 amide bonds. The van der Waals surface area contributed by atoms with Crippen molar-refractivity contribution in [2.45, 2.75) is 39.2 Å². The normalized spacial score (nSPS) is 12.1. The first-order chi connectivity index (χ1) is 9.13. The molecule has 0 unspecified atom stereocenters. The van der Waals surface area contributed by atoms with Crippen molar-refractivity contribution in [3.8, 4) is 5.75 Å². The van der Waals surface area contributed by atoms with E-state index in [-0.39, 0.29) is 11.9 Å². The quantitative estimate of drug-likeness (QED) is 0.669. The van der Waals surface area contributed by atoms with Crippen LogP contribution >= 0.6 is 0 Å². The van der Waals surface area contributed by atoms with Crippen LogP contribution in [0.15, 0.2) is 24.3 Å². The summed E-state index contributed by atoms with van der Waals surface area (Å²) >= 11 is 0. The Bertz CT molecular complexity index is 393. The number of carbonyl (C=O) groups excluding carboxylic acids is 1. The van der Waals surface area contributed by atoms with Gasteiger partial charge in [0.1, 0.15) is 5.75 Å². The first-order valence-electron chi connectivity index (χ1n) is 6.88. The molecule has 4 nitrogen and oxygen atoms in total. The van der Waals surface area contributed by atoms with Gasteiger partial charge in [0.25, 0.3) is 0 Å². The first-order valence-corrected chi connectivity index (χ1v) is 6.88. The van der Waals surface area contributed by atoms with Crippen molar-refractivity contribution in [3.63, 3.8) is 0 Å². The average molecular weight is 264 g/mol. The van der Waals surface area contributed by atoms with E-state index in [1.54, 1.807) is 6.92 Å². The van der Waals surface area contributed by atoms with Crippen LogP contribution in [0.1, 0.15) is 32.3 Å². The zero-order valence-corrected chi connectivity index (χ0v) is 11.8. The molecule has 106 valence electrons. The second-order valence-corrected chi connectivity index (χ2v) is 4.68. The van der Waals surface area contributed by atoms with E-state index in [1.807, 2.05) is 18.2 Å². The van der Waals surface area contributed by atoms with Crippen molar-refractivity contribution in [1.82, 2.24) is 5.32 Å². The number of unbranched alkanes of at least 4 members (excludes halogenated alkanes) is 1. The Labute approximate surface area is 115 Å². The zero-order valence-electron chi connectivity index (χ0n) is 11.8. The summed E-state index contributed by atoms with van der Waals surface area (Å²) in [6, 6.07) is 7.78. The number of ether oxygens (including phenoxy) is 1. The molecule has 4 heteroatoms. The predicted octanol–water partition coefficient (Wildman–Crippen LogP) is 1.87. The Morgan fingerprint density at radius 3 is 2.95 bits per heavy atom. The van der Waals surface area contributed by atoms with Crippen LogP contribution in [0.3, 0.4) is 0 Å². The van der Waals surface area contributed by atoms with E-state index in [0.717, 1.165) is 38.2 Å². The Kier molecular flexibility index (Phi) is 6.97. The molecular weight excluding hydrogens is 240 g/mol. The molecule has 1 atom stereocenters. The largest absolute Gasteiger partial charge is 0.494 e. The number of carbonyl (C=O) groups is 1. The molecule has 0 bridgehead atoms. The minimum Gasteiger partial charge on any atom is -0.494 e. The van der Waals surface area contributed by atoms with Crippen molar-refractivity contribution in [2.75, 3.05) is 13.2 Å². The molecule has 19 heavy (non-hydrogen) atoms. The summed E-state index contributed by atoms with van der Waals surface area (Å²) in [5.41, 5.74) is 6.38. The van der Waals surface area contributed by atoms with Crippen LogP contribution in [0.25, 0.3) is 0 Å². The number of nitrogens with one attached hydrogen (secondary N) is 1. The lowest BCUT2D eigenvalue weighted by Crippen LogP contribution is -2.39. The van der Waals surface area contributed by atoms with Crippen molar-refractivity contribution < 1.29 is 9.53 Å². The molecular formula is C15H24N2O2. The SMILES string of the molecule is CCCCOc1cccc(CCN[C@H](C)C(N)=O)c1. The summed E-state index contributed by atoms with van der Waals surface area (Å²) in [7, 11) is 0. The third-order valence-electron chi connectivity index (χ3n) is 2.96. The van der Waals surface area contributed by atoms with E-state index in [2.05, 4.69) is 18.3 Å². The summed E-state index contributed by atoms with van der Waals surface area (Å²) in [4.78, 5) is 10.9. The molecule has 0 aliphatic heterocycles. The highest BCUT2D eigenvalue weighted by molar-refractivity contribution is 5.79. The fraction of sp³-hybridized carbons (Fsp3) is 0.533. The third-order valence-corrected chi connectivity index (χ3v) is 2.96. The van der Waals surface area contributed by atoms with Gasteiger partial charge < -0.3 is 15.8 Å². The first kappa shape index (κ1) is 15.5. The molecule has 1 rings (SSSR count). The fourth-order valence-electron chi connectivity index (χ4n) is 1.66. The lowest BCUT2D eigenvalue weighted by Gasteiger charge is -2.11. The maximum absolute atomic E-state index is 10.9. The molecule has 1 aromatic rings. The number of nitrogens with two attached hydrogens (primary N) is 1. The van der Waals surface area contributed by atoms with Gasteiger partial charge in [-0.25, -0.2) is 0 Å². The summed E-state index contributed by atoms with van der Waals surface area (Å²) in [5.74, 6) is 0.588. The van der Waals surface area contributed by atoms with Gasteiger partial charge in [-0.1, -0.05) is 25.5 Å². The van der Waals surface area contributed by atoms with Crippen molar-refractivity contribution >= 4 is 5.91 Å². The standard InChI is InChI=1S/C15H24N2O2/c1-3-4-10-19-14-7-5-6-13(11-14)8-9-17-12(2)15(16)18/h5-7,11-12,17H,3-4,8-10H2,1-2H3,(H2,16,18)/t12-/m1/s1. The second-order valence-electron chi connectivity index (χ2n) is 4.68. The molecule has 0 spiro atoms. The molecule has 0 aromatic heterocycles. The molecule has 0 fully saturated rings. The van der Waals surface area contributed by atoms with Crippen molar-refractivity contribution in [2.24, 2.45) is 5.73 Å². The van der Waals surface area contributed by atoms with Gasteiger partial charge in [0, 0.05) is 0 Å². The summed E-state index contributed by atoms with van der Waals surface area (Å²) in [6.07, 6.45) is 3.05. The summed E-state index contributed by atoms with van der Waals surface area (Å²) < 4.78 is 5.66. The zero-order chi connectivity index (χ0) is 14.1. The average Bonchev–Trinajstić information content (AvgIpc) is 2.39. The van der Waals surface area contributed by atoms with Crippen LogP contribution in [-0.2, 0) is 11.2 Å². The van der Waals surface area contributed by atoms with Gasteiger partial charge >= 0.3 is 0 Å². The van der Waals surface area contributed by atoms with Crippen LogP contribution in [0.2, 0.25) is 0 Å². The lowest BCUT2D eigenvalue weighted by atomic mass is 10.1. The highest BCUT2D eigenvalue weighted by Crippen LogP contribution is 2.14. The van der Waals surface area contributed by atoms with Gasteiger partial charge in [0.05, 0.1) is 12.6 Å². The topological polar surface area (TPSA) is 64.3 Å². The Morgan fingerprint density at radius 1 is 1.47 bits per heavy atom. The molecule has 3 N–H and O–H groups in total. The summed E-state index contributed by atoms with van der Waals surface area (Å²) in [6.45, 7) is 5.40. The highest BCUT2D eigenvalue weighted by Gasteiger charge is 2.06. The van der Waals surface area contributed by atoms with E-state index >= 15 is 0 Å². The van der Waals surface area contributed by atoms with Gasteiger partial charge in [0.2, 0.25) is 5.91 Å². The number of rotatable bonds is 9. The van der Waals surface area contributed by atoms with E-state index in [9.17, 15) is 4.79 Å². The van der Waals surface area contributed by atoms with Crippen molar-refractivity contribution in [1.29, 1.82) is 0 Å². The lowest BCUT2D eigenvalue weighted by molar-refractivity contribution is -0.119. The summed E-state index contributed by atoms with van der Waals surface area (Å²) in [5, 5.41) is 3.09. The third kappa shape index (κ3) is 6.25. The maximum atomic E-state index is 10.9. The number of primary amides is 1. The molecule has 0 radical (unpaired) electrons. The number of benzene rings is 1. The van der Waals surface area contributed by atoms with Gasteiger partial charge in [0.15, 0.2) is 0 Å². The Balaban J connectivity index is 2.37. The maximum Gasteiger partial charge on any atom is 0.234 e. The van der Waals surface area contributed by atoms with E-state index in [0.29, 0.717) is 0 Å². The Hall–Kier alpha value is -1.55. The number of amides is 1. The predicted molar refractivity (Wildman–Crippen MR) is 77.2 cm³/mol. The van der Waals surface area contributed by atoms with E-state index < -0.39 is 0 Å². The van der Waals surface area contributed by atoms with Gasteiger partial charge in [-0.15, -0.1) is 0 Å². The smallest absolute Gasteiger partial charge is 0.234 e. The van der Waals surface area contributed by atoms with Crippen LogP contribution in [0.4, 0.5) is 0 Å². The fourth-order valence-corrected chi connectivity index (χ4v) is 1.66. The van der Waals surface area contributed by atoms with Crippen LogP contribution in [-0.4, -0.2) is 25.1 Å². The van der Waals surface area contributed by atoms with Gasteiger partial charge in [-0.2, -0.15) is 0 Å². The number of hydrogen-bond donors (Lipinski definition) is 2. The van der Waals surface area contributed by atoms with Crippen LogP contribution in [0.5, 0.6) is 5.75 Å². The Morgan fingerprint density at radius 2 is 2.26 bits per heavy atom. The second kappa shape index (κ2) is 8.53. The highest BCUT2D eigenvalue weighted by atomic mass is 16.5. The van der Waals surface area contributed by atoms with Crippen LogP contribution < -0.4 is 15.8 Å². The molecule has 0 saturated carbocycles. The number of hydrogen-bond acceptors (Lipinski definition) is 3. The monoisotopic (exact) mass is 264 g/mol. The van der Waals surface area contributed by atoms with Crippen LogP contribution in [0, 0.1) is 0 Å². The van der Waals surface area contributed by atoms with Crippen molar-refractivity contribution in [3.05, 3.63) is 29.8 Å². The molecule has 0 heterocycles. The minimum atomic E-state index is -0.323. The van der Waals surface area contributed by atoms with Gasteiger partial charge in [-0.05, 0) is 44.0 Å². The van der Waals surface area contributed by atoms with E-state index in [1.165, 1.54) is 5.56 Å².